The molecule has 0 aliphatic rings. The average Bonchev–Trinajstić information content (AvgIpc) is 2.46. The number of aromatic nitrogens is 2. The number of nitrogens with zero attached hydrogens (tertiary/aromatic N) is 3. The molecule has 1 aromatic heterocycles. The van der Waals surface area contributed by atoms with Crippen molar-refractivity contribution >= 4 is 18.2 Å². The molecule has 1 heterocycles. The number of methoxy groups -OCH3 is 1. The van der Waals surface area contributed by atoms with Crippen molar-refractivity contribution in [3.63, 3.8) is 0 Å². The molecular weight excluding hydrogens is 264 g/mol. The minimum atomic E-state index is 0.495. The lowest BCUT2D eigenvalue weighted by Gasteiger charge is -2.02. The fourth-order valence-corrected chi connectivity index (χ4v) is 1.86. The van der Waals surface area contributed by atoms with Crippen LogP contribution < -0.4 is 10.2 Å². The van der Waals surface area contributed by atoms with Gasteiger partial charge in [0.05, 0.1) is 7.11 Å². The zero-order chi connectivity index (χ0) is 15.1. The minimum Gasteiger partial charge on any atom is -0.496 e. The van der Waals surface area contributed by atoms with Gasteiger partial charge in [0.15, 0.2) is 0 Å². The number of hydrogen-bond acceptors (Lipinski definition) is 5. The molecule has 0 fully saturated rings. The van der Waals surface area contributed by atoms with Gasteiger partial charge in [-0.3, -0.25) is 0 Å². The van der Waals surface area contributed by atoms with E-state index in [1.165, 1.54) is 0 Å². The molecule has 0 atom stereocenters. The van der Waals surface area contributed by atoms with Crippen LogP contribution in [0.25, 0.3) is 6.08 Å². The summed E-state index contributed by atoms with van der Waals surface area (Å²) >= 11 is 0. The highest BCUT2D eigenvalue weighted by Crippen LogP contribution is 2.18. The third kappa shape index (κ3) is 4.42. The van der Waals surface area contributed by atoms with Crippen molar-refractivity contribution < 1.29 is 4.74 Å². The van der Waals surface area contributed by atoms with Gasteiger partial charge in [0, 0.05) is 23.2 Å². The van der Waals surface area contributed by atoms with Crippen LogP contribution in [-0.4, -0.2) is 23.3 Å². The number of aryl methyl sites for hydroxylation is 2. The van der Waals surface area contributed by atoms with Gasteiger partial charge in [-0.2, -0.15) is 5.10 Å². The van der Waals surface area contributed by atoms with Gasteiger partial charge in [0.25, 0.3) is 0 Å². The normalized spacial score (nSPS) is 11.2. The molecule has 1 N–H and O–H groups in total. The lowest BCUT2D eigenvalue weighted by atomic mass is 10.2. The van der Waals surface area contributed by atoms with Gasteiger partial charge < -0.3 is 4.74 Å². The van der Waals surface area contributed by atoms with Crippen molar-refractivity contribution in [1.29, 1.82) is 0 Å². The molecule has 1 aromatic carbocycles. The zero-order valence-corrected chi connectivity index (χ0v) is 12.4. The maximum Gasteiger partial charge on any atom is 0.243 e. The number of hydrazone groups is 1. The first-order valence-corrected chi connectivity index (χ1v) is 6.60. The molecule has 0 aliphatic carbocycles. The summed E-state index contributed by atoms with van der Waals surface area (Å²) in [6, 6.07) is 9.70. The van der Waals surface area contributed by atoms with E-state index in [2.05, 4.69) is 20.5 Å². The molecular formula is C16H18N4O. The molecule has 2 aromatic rings. The number of rotatable bonds is 5. The fraction of sp³-hybridized carbons (Fsp3) is 0.188. The lowest BCUT2D eigenvalue weighted by molar-refractivity contribution is 0.414. The van der Waals surface area contributed by atoms with Crippen LogP contribution in [0.4, 0.5) is 5.95 Å². The zero-order valence-electron chi connectivity index (χ0n) is 12.4. The monoisotopic (exact) mass is 282 g/mol. The first-order valence-electron chi connectivity index (χ1n) is 6.60. The Hall–Kier alpha value is -2.69. The molecule has 0 spiro atoms. The van der Waals surface area contributed by atoms with Gasteiger partial charge >= 0.3 is 0 Å². The highest BCUT2D eigenvalue weighted by atomic mass is 16.5. The van der Waals surface area contributed by atoms with E-state index in [1.54, 1.807) is 13.3 Å². The fourth-order valence-electron chi connectivity index (χ4n) is 1.86. The number of para-hydroxylation sites is 1. The lowest BCUT2D eigenvalue weighted by Crippen LogP contribution is -1.98. The Morgan fingerprint density at radius 1 is 1.14 bits per heavy atom. The molecule has 2 rings (SSSR count). The highest BCUT2D eigenvalue weighted by Gasteiger charge is 1.97. The van der Waals surface area contributed by atoms with Crippen LogP contribution in [0.1, 0.15) is 17.0 Å². The van der Waals surface area contributed by atoms with Gasteiger partial charge in [0.1, 0.15) is 5.75 Å². The van der Waals surface area contributed by atoms with Gasteiger partial charge in [-0.1, -0.05) is 18.2 Å². The SMILES string of the molecule is COc1ccccc1/C=C/C=N/Nc1nc(C)cc(C)n1. The first kappa shape index (κ1) is 14.7. The van der Waals surface area contributed by atoms with Gasteiger partial charge in [0.2, 0.25) is 5.95 Å². The van der Waals surface area contributed by atoms with Crippen LogP contribution in [-0.2, 0) is 0 Å². The third-order valence-electron chi connectivity index (χ3n) is 2.72. The summed E-state index contributed by atoms with van der Waals surface area (Å²) < 4.78 is 5.27. The van der Waals surface area contributed by atoms with Crippen molar-refractivity contribution in [1.82, 2.24) is 9.97 Å². The molecule has 21 heavy (non-hydrogen) atoms. The van der Waals surface area contributed by atoms with Crippen molar-refractivity contribution in [2.24, 2.45) is 5.10 Å². The van der Waals surface area contributed by atoms with Crippen LogP contribution in [0.2, 0.25) is 0 Å². The third-order valence-corrected chi connectivity index (χ3v) is 2.72. The van der Waals surface area contributed by atoms with Crippen LogP contribution in [0.3, 0.4) is 0 Å². The first-order chi connectivity index (χ1) is 10.2. The maximum atomic E-state index is 5.27. The molecule has 0 saturated heterocycles. The summed E-state index contributed by atoms with van der Waals surface area (Å²) in [6.07, 6.45) is 5.40. The second-order valence-corrected chi connectivity index (χ2v) is 4.47. The maximum absolute atomic E-state index is 5.27. The number of allylic oxidation sites excluding steroid dienone is 1. The van der Waals surface area contributed by atoms with Crippen molar-refractivity contribution in [3.8, 4) is 5.75 Å². The van der Waals surface area contributed by atoms with E-state index in [-0.39, 0.29) is 0 Å². The number of nitrogens with one attached hydrogen (secondary N) is 1. The van der Waals surface area contributed by atoms with Crippen molar-refractivity contribution in [2.75, 3.05) is 12.5 Å². The van der Waals surface area contributed by atoms with Crippen molar-refractivity contribution in [2.45, 2.75) is 13.8 Å². The van der Waals surface area contributed by atoms with E-state index in [4.69, 9.17) is 4.74 Å². The predicted octanol–water partition coefficient (Wildman–Crippen LogP) is 3.21. The smallest absolute Gasteiger partial charge is 0.243 e. The number of benzene rings is 1. The van der Waals surface area contributed by atoms with E-state index in [0.717, 1.165) is 22.7 Å². The minimum absolute atomic E-state index is 0.495. The number of anilines is 1. The molecule has 5 heteroatoms. The largest absolute Gasteiger partial charge is 0.496 e. The average molecular weight is 282 g/mol. The molecule has 0 saturated carbocycles. The summed E-state index contributed by atoms with van der Waals surface area (Å²) in [6.45, 7) is 3.84. The van der Waals surface area contributed by atoms with Crippen molar-refractivity contribution in [3.05, 3.63) is 53.4 Å². The molecule has 108 valence electrons. The summed E-state index contributed by atoms with van der Waals surface area (Å²) in [7, 11) is 1.65. The Morgan fingerprint density at radius 3 is 2.57 bits per heavy atom. The number of ether oxygens (including phenoxy) is 1. The van der Waals surface area contributed by atoms with Gasteiger partial charge in [-0.15, -0.1) is 0 Å². The summed E-state index contributed by atoms with van der Waals surface area (Å²) in [5.41, 5.74) is 5.61. The van der Waals surface area contributed by atoms with E-state index in [0.29, 0.717) is 5.95 Å². The Labute approximate surface area is 124 Å². The topological polar surface area (TPSA) is 59.4 Å². The summed E-state index contributed by atoms with van der Waals surface area (Å²) in [4.78, 5) is 8.47. The molecule has 0 aliphatic heterocycles. The summed E-state index contributed by atoms with van der Waals surface area (Å²) in [5, 5.41) is 4.07. The van der Waals surface area contributed by atoms with Crippen LogP contribution >= 0.6 is 0 Å². The quantitative estimate of drug-likeness (QED) is 0.675. The predicted molar refractivity (Wildman–Crippen MR) is 85.6 cm³/mol. The second kappa shape index (κ2) is 7.19. The van der Waals surface area contributed by atoms with Crippen LogP contribution in [0.15, 0.2) is 41.5 Å². The van der Waals surface area contributed by atoms with E-state index < -0.39 is 0 Å². The molecule has 5 nitrogen and oxygen atoms in total. The van der Waals surface area contributed by atoms with Crippen LogP contribution in [0, 0.1) is 13.8 Å². The molecule has 0 radical (unpaired) electrons. The van der Waals surface area contributed by atoms with E-state index >= 15 is 0 Å². The Kier molecular flexibility index (Phi) is 5.04. The Bertz CT molecular complexity index is 645. The Morgan fingerprint density at radius 2 is 1.86 bits per heavy atom. The molecule has 0 bridgehead atoms. The molecule has 0 amide bonds. The van der Waals surface area contributed by atoms with E-state index in [1.807, 2.05) is 56.3 Å². The van der Waals surface area contributed by atoms with Crippen LogP contribution in [0.5, 0.6) is 5.75 Å². The van der Waals surface area contributed by atoms with Gasteiger partial charge in [-0.25, -0.2) is 15.4 Å². The number of hydrogen-bond donors (Lipinski definition) is 1. The van der Waals surface area contributed by atoms with Gasteiger partial charge in [-0.05, 0) is 38.1 Å². The molecule has 0 unspecified atom stereocenters. The second-order valence-electron chi connectivity index (χ2n) is 4.47. The Balaban J connectivity index is 1.97. The summed E-state index contributed by atoms with van der Waals surface area (Å²) in [5.74, 6) is 1.32. The standard InChI is InChI=1S/C16H18N4O/c1-12-11-13(2)19-16(18-12)20-17-10-6-8-14-7-4-5-9-15(14)21-3/h4-11H,1-3H3,(H,18,19,20)/b8-6+,17-10+. The van der Waals surface area contributed by atoms with E-state index in [9.17, 15) is 0 Å². The highest BCUT2D eigenvalue weighted by molar-refractivity contribution is 5.79.